The first kappa shape index (κ1) is 23.4. The summed E-state index contributed by atoms with van der Waals surface area (Å²) in [5.41, 5.74) is 6.58. The third-order valence-corrected chi connectivity index (χ3v) is 5.95. The van der Waals surface area contributed by atoms with Crippen LogP contribution in [0.4, 0.5) is 0 Å². The summed E-state index contributed by atoms with van der Waals surface area (Å²) in [6.45, 7) is 2.04. The molecular weight excluding hydrogens is 386 g/mol. The summed E-state index contributed by atoms with van der Waals surface area (Å²) in [6.07, 6.45) is 0.790. The van der Waals surface area contributed by atoms with Crippen LogP contribution in [0.1, 0.15) is 26.2 Å². The summed E-state index contributed by atoms with van der Waals surface area (Å²) < 4.78 is 30.9. The Bertz CT molecular complexity index is 812. The Labute approximate surface area is 164 Å². The standard InChI is InChI=1S/C18H25N3O6S/c1-2-3-12-27-14-7-9-15(10-8-14)28(25,26)16(18(23)21-24)6-4-5-11-20-17(22)13-19/h7-10,16,24H,4-6,11-13,19H2,1H3,(H,20,22)(H,21,23). The number of carbonyl (C=O) groups excluding carboxylic acids is 2. The average Bonchev–Trinajstić information content (AvgIpc) is 2.70. The SMILES string of the molecule is CC#CCOc1ccc(S(=O)(=O)C(CCCCNC(=O)CN)C(=O)NO)cc1. The molecule has 5 N–H and O–H groups in total. The predicted octanol–water partition coefficient (Wildman–Crippen LogP) is -0.0184. The van der Waals surface area contributed by atoms with Gasteiger partial charge in [0.1, 0.15) is 17.6 Å². The smallest absolute Gasteiger partial charge is 0.262 e. The van der Waals surface area contributed by atoms with Crippen LogP contribution in [-0.4, -0.2) is 50.4 Å². The van der Waals surface area contributed by atoms with Crippen molar-refractivity contribution in [2.45, 2.75) is 36.3 Å². The van der Waals surface area contributed by atoms with Crippen molar-refractivity contribution in [3.63, 3.8) is 0 Å². The van der Waals surface area contributed by atoms with Crippen molar-refractivity contribution in [2.24, 2.45) is 5.73 Å². The van der Waals surface area contributed by atoms with Crippen LogP contribution >= 0.6 is 0 Å². The summed E-state index contributed by atoms with van der Waals surface area (Å²) in [6, 6.07) is 5.62. The largest absolute Gasteiger partial charge is 0.481 e. The van der Waals surface area contributed by atoms with Crippen LogP contribution in [0.15, 0.2) is 29.2 Å². The van der Waals surface area contributed by atoms with Gasteiger partial charge in [0.25, 0.3) is 5.91 Å². The normalized spacial score (nSPS) is 11.7. The molecule has 0 saturated heterocycles. The molecule has 0 aliphatic heterocycles. The zero-order valence-electron chi connectivity index (χ0n) is 15.6. The highest BCUT2D eigenvalue weighted by Crippen LogP contribution is 2.23. The van der Waals surface area contributed by atoms with Crippen molar-refractivity contribution < 1.29 is 28.0 Å². The minimum absolute atomic E-state index is 0.0163. The van der Waals surface area contributed by atoms with Gasteiger partial charge in [0.2, 0.25) is 5.91 Å². The number of hydroxylamine groups is 1. The van der Waals surface area contributed by atoms with Crippen LogP contribution in [-0.2, 0) is 19.4 Å². The van der Waals surface area contributed by atoms with Gasteiger partial charge in [0, 0.05) is 6.54 Å². The minimum Gasteiger partial charge on any atom is -0.481 e. The molecule has 1 aromatic rings. The number of hydrogen-bond acceptors (Lipinski definition) is 7. The summed E-state index contributed by atoms with van der Waals surface area (Å²) in [7, 11) is -4.03. The van der Waals surface area contributed by atoms with E-state index in [2.05, 4.69) is 17.2 Å². The number of amides is 2. The van der Waals surface area contributed by atoms with Gasteiger partial charge < -0.3 is 15.8 Å². The molecule has 0 heterocycles. The van der Waals surface area contributed by atoms with Gasteiger partial charge in [-0.3, -0.25) is 14.8 Å². The fraction of sp³-hybridized carbons (Fsp3) is 0.444. The first-order valence-electron chi connectivity index (χ1n) is 8.64. The maximum absolute atomic E-state index is 12.8. The van der Waals surface area contributed by atoms with Gasteiger partial charge in [-0.15, -0.1) is 5.92 Å². The third-order valence-electron chi connectivity index (χ3n) is 3.82. The molecule has 0 aliphatic carbocycles. The van der Waals surface area contributed by atoms with Crippen LogP contribution in [0.3, 0.4) is 0 Å². The molecule has 0 radical (unpaired) electrons. The van der Waals surface area contributed by atoms with Gasteiger partial charge in [-0.05, 0) is 50.5 Å². The summed E-state index contributed by atoms with van der Waals surface area (Å²) >= 11 is 0. The molecule has 0 spiro atoms. The number of sulfone groups is 1. The number of hydrogen-bond donors (Lipinski definition) is 4. The summed E-state index contributed by atoms with van der Waals surface area (Å²) in [5.74, 6) is 4.52. The maximum atomic E-state index is 12.8. The lowest BCUT2D eigenvalue weighted by Crippen LogP contribution is -2.38. The number of carbonyl (C=O) groups is 2. The first-order valence-corrected chi connectivity index (χ1v) is 10.2. The fourth-order valence-electron chi connectivity index (χ4n) is 2.34. The number of benzene rings is 1. The summed E-state index contributed by atoms with van der Waals surface area (Å²) in [5, 5.41) is 10.0. The number of nitrogens with two attached hydrogens (primary N) is 1. The number of nitrogens with one attached hydrogen (secondary N) is 2. The van der Waals surface area contributed by atoms with Crippen LogP contribution in [0, 0.1) is 11.8 Å². The highest BCUT2D eigenvalue weighted by molar-refractivity contribution is 7.92. The molecule has 154 valence electrons. The van der Waals surface area contributed by atoms with E-state index in [-0.39, 0.29) is 30.4 Å². The molecule has 9 nitrogen and oxygen atoms in total. The zero-order valence-corrected chi connectivity index (χ0v) is 16.4. The van der Waals surface area contributed by atoms with E-state index in [1.807, 2.05) is 0 Å². The molecule has 0 bridgehead atoms. The second kappa shape index (κ2) is 12.0. The van der Waals surface area contributed by atoms with Crippen molar-refractivity contribution in [3.8, 4) is 17.6 Å². The van der Waals surface area contributed by atoms with Crippen LogP contribution in [0.25, 0.3) is 0 Å². The van der Waals surface area contributed by atoms with E-state index in [4.69, 9.17) is 15.7 Å². The van der Waals surface area contributed by atoms with E-state index >= 15 is 0 Å². The second-order valence-corrected chi connectivity index (χ2v) is 7.88. The molecule has 1 atom stereocenters. The van der Waals surface area contributed by atoms with Crippen LogP contribution < -0.4 is 21.3 Å². The van der Waals surface area contributed by atoms with Crippen molar-refractivity contribution in [1.29, 1.82) is 0 Å². The number of unbranched alkanes of at least 4 members (excludes halogenated alkanes) is 1. The zero-order chi connectivity index (χ0) is 21.0. The van der Waals surface area contributed by atoms with E-state index in [0.717, 1.165) is 0 Å². The van der Waals surface area contributed by atoms with Gasteiger partial charge in [0.05, 0.1) is 11.4 Å². The van der Waals surface area contributed by atoms with Crippen molar-refractivity contribution >= 4 is 21.7 Å². The van der Waals surface area contributed by atoms with Gasteiger partial charge in [0.15, 0.2) is 9.84 Å². The molecule has 1 rings (SSSR count). The van der Waals surface area contributed by atoms with Crippen molar-refractivity contribution in [3.05, 3.63) is 24.3 Å². The quantitative estimate of drug-likeness (QED) is 0.173. The molecule has 0 aliphatic rings. The molecule has 10 heteroatoms. The number of rotatable bonds is 11. The van der Waals surface area contributed by atoms with Gasteiger partial charge in [-0.25, -0.2) is 13.9 Å². The van der Waals surface area contributed by atoms with E-state index in [0.29, 0.717) is 25.1 Å². The van der Waals surface area contributed by atoms with Gasteiger partial charge in [-0.2, -0.15) is 0 Å². The van der Waals surface area contributed by atoms with Crippen LogP contribution in [0.2, 0.25) is 0 Å². The van der Waals surface area contributed by atoms with E-state index in [1.54, 1.807) is 6.92 Å². The van der Waals surface area contributed by atoms with Crippen LogP contribution in [0.5, 0.6) is 5.75 Å². The topological polar surface area (TPSA) is 148 Å². The molecule has 28 heavy (non-hydrogen) atoms. The Balaban J connectivity index is 2.80. The average molecular weight is 411 g/mol. The Morgan fingerprint density at radius 2 is 1.93 bits per heavy atom. The first-order chi connectivity index (χ1) is 13.4. The Hall–Kier alpha value is -2.61. The highest BCUT2D eigenvalue weighted by atomic mass is 32.2. The molecule has 0 saturated carbocycles. The Morgan fingerprint density at radius 3 is 2.50 bits per heavy atom. The molecule has 1 aromatic carbocycles. The lowest BCUT2D eigenvalue weighted by molar-refractivity contribution is -0.129. The van der Waals surface area contributed by atoms with E-state index in [1.165, 1.54) is 29.7 Å². The highest BCUT2D eigenvalue weighted by Gasteiger charge is 2.33. The van der Waals surface area contributed by atoms with Crippen molar-refractivity contribution in [2.75, 3.05) is 19.7 Å². The maximum Gasteiger partial charge on any atom is 0.262 e. The lowest BCUT2D eigenvalue weighted by atomic mass is 10.2. The van der Waals surface area contributed by atoms with E-state index < -0.39 is 21.0 Å². The molecule has 2 amide bonds. The Kier molecular flexibility index (Phi) is 10.0. The van der Waals surface area contributed by atoms with Gasteiger partial charge in [-0.1, -0.05) is 5.92 Å². The summed E-state index contributed by atoms with van der Waals surface area (Å²) in [4.78, 5) is 22.9. The monoisotopic (exact) mass is 411 g/mol. The fourth-order valence-corrected chi connectivity index (χ4v) is 3.99. The predicted molar refractivity (Wildman–Crippen MR) is 102 cm³/mol. The number of ether oxygens (including phenoxy) is 1. The Morgan fingerprint density at radius 1 is 1.25 bits per heavy atom. The molecule has 0 aromatic heterocycles. The molecule has 1 unspecified atom stereocenters. The van der Waals surface area contributed by atoms with Gasteiger partial charge >= 0.3 is 0 Å². The minimum atomic E-state index is -4.03. The lowest BCUT2D eigenvalue weighted by Gasteiger charge is -2.16. The molecular formula is C18H25N3O6S. The van der Waals surface area contributed by atoms with Crippen molar-refractivity contribution in [1.82, 2.24) is 10.8 Å². The second-order valence-electron chi connectivity index (χ2n) is 5.75. The van der Waals surface area contributed by atoms with E-state index in [9.17, 15) is 18.0 Å². The molecule has 0 fully saturated rings. The third kappa shape index (κ3) is 7.19.